The number of aliphatic imine (C=N–C) groups is 2. The van der Waals surface area contributed by atoms with E-state index in [9.17, 15) is 14.0 Å². The quantitative estimate of drug-likeness (QED) is 0.686. The van der Waals surface area contributed by atoms with Crippen LogP contribution in [-0.2, 0) is 4.79 Å². The number of allylic oxidation sites excluding steroid dienone is 3. The van der Waals surface area contributed by atoms with Crippen molar-refractivity contribution < 1.29 is 14.0 Å². The molecule has 6 nitrogen and oxygen atoms in total. The monoisotopic (exact) mass is 430 g/mol. The highest BCUT2D eigenvalue weighted by molar-refractivity contribution is 9.10. The number of amides is 2. The SMILES string of the molecule is O=C1N=C(N2CCN(C(=O)c3ccc(Br)c(F)c3)CC2)N=C2C=CC=CC12. The van der Waals surface area contributed by atoms with Crippen LogP contribution in [0.15, 0.2) is 57.0 Å². The van der Waals surface area contributed by atoms with E-state index in [1.165, 1.54) is 12.1 Å². The van der Waals surface area contributed by atoms with Gasteiger partial charge in [0.15, 0.2) is 0 Å². The number of carbonyl (C=O) groups excluding carboxylic acids is 2. The molecule has 2 aliphatic heterocycles. The third-order valence-electron chi connectivity index (χ3n) is 4.72. The van der Waals surface area contributed by atoms with Crippen LogP contribution in [0, 0.1) is 11.7 Å². The highest BCUT2D eigenvalue weighted by atomic mass is 79.9. The van der Waals surface area contributed by atoms with E-state index in [0.717, 1.165) is 0 Å². The minimum atomic E-state index is -0.463. The number of benzene rings is 1. The zero-order chi connectivity index (χ0) is 19.0. The molecule has 3 aliphatic rings. The minimum Gasteiger partial charge on any atom is -0.337 e. The zero-order valence-electron chi connectivity index (χ0n) is 14.3. The summed E-state index contributed by atoms with van der Waals surface area (Å²) in [6.07, 6.45) is 7.27. The van der Waals surface area contributed by atoms with Gasteiger partial charge < -0.3 is 9.80 Å². The summed E-state index contributed by atoms with van der Waals surface area (Å²) in [5.41, 5.74) is 1.01. The van der Waals surface area contributed by atoms with Crippen LogP contribution in [0.1, 0.15) is 10.4 Å². The van der Waals surface area contributed by atoms with Gasteiger partial charge in [-0.3, -0.25) is 9.59 Å². The van der Waals surface area contributed by atoms with Gasteiger partial charge in [0, 0.05) is 31.7 Å². The first kappa shape index (κ1) is 17.8. The summed E-state index contributed by atoms with van der Waals surface area (Å²) in [7, 11) is 0. The van der Waals surface area contributed by atoms with Gasteiger partial charge in [0.05, 0.1) is 10.2 Å². The molecule has 1 atom stereocenters. The summed E-state index contributed by atoms with van der Waals surface area (Å²) in [6, 6.07) is 4.36. The molecule has 1 unspecified atom stereocenters. The lowest BCUT2D eigenvalue weighted by Gasteiger charge is -2.36. The number of piperazine rings is 1. The third kappa shape index (κ3) is 3.49. The molecular formula is C19H16BrFN4O2. The van der Waals surface area contributed by atoms with Crippen LogP contribution in [0.5, 0.6) is 0 Å². The van der Waals surface area contributed by atoms with Crippen molar-refractivity contribution in [3.63, 3.8) is 0 Å². The maximum atomic E-state index is 13.7. The van der Waals surface area contributed by atoms with E-state index < -0.39 is 11.7 Å². The Morgan fingerprint density at radius 2 is 1.93 bits per heavy atom. The molecule has 0 bridgehead atoms. The van der Waals surface area contributed by atoms with Gasteiger partial charge in [-0.2, -0.15) is 4.99 Å². The zero-order valence-corrected chi connectivity index (χ0v) is 15.9. The van der Waals surface area contributed by atoms with Gasteiger partial charge in [0.1, 0.15) is 11.7 Å². The number of fused-ring (bicyclic) bond motifs is 1. The van der Waals surface area contributed by atoms with E-state index in [1.807, 2.05) is 23.1 Å². The normalized spacial score (nSPS) is 21.7. The van der Waals surface area contributed by atoms with Gasteiger partial charge in [-0.15, -0.1) is 0 Å². The summed E-state index contributed by atoms with van der Waals surface area (Å²) >= 11 is 3.09. The number of hydrogen-bond acceptors (Lipinski definition) is 4. The van der Waals surface area contributed by atoms with E-state index >= 15 is 0 Å². The predicted octanol–water partition coefficient (Wildman–Crippen LogP) is 2.43. The molecule has 0 saturated carbocycles. The van der Waals surface area contributed by atoms with Gasteiger partial charge in [0.25, 0.3) is 11.8 Å². The summed E-state index contributed by atoms with van der Waals surface area (Å²) in [5.74, 6) is -0.898. The highest BCUT2D eigenvalue weighted by Gasteiger charge is 2.30. The fourth-order valence-corrected chi connectivity index (χ4v) is 3.47. The van der Waals surface area contributed by atoms with E-state index in [0.29, 0.717) is 47.9 Å². The van der Waals surface area contributed by atoms with Gasteiger partial charge in [-0.25, -0.2) is 9.38 Å². The molecule has 0 spiro atoms. The van der Waals surface area contributed by atoms with Gasteiger partial charge in [-0.1, -0.05) is 18.2 Å². The maximum Gasteiger partial charge on any atom is 0.261 e. The average Bonchev–Trinajstić information content (AvgIpc) is 2.69. The van der Waals surface area contributed by atoms with Crippen molar-refractivity contribution in [3.05, 3.63) is 58.4 Å². The number of rotatable bonds is 1. The lowest BCUT2D eigenvalue weighted by molar-refractivity contribution is -0.118. The van der Waals surface area contributed by atoms with E-state index in [4.69, 9.17) is 0 Å². The maximum absolute atomic E-state index is 13.7. The van der Waals surface area contributed by atoms with Crippen molar-refractivity contribution in [1.29, 1.82) is 0 Å². The van der Waals surface area contributed by atoms with Crippen molar-refractivity contribution in [2.24, 2.45) is 15.9 Å². The Balaban J connectivity index is 1.43. The fraction of sp³-hybridized carbons (Fsp3) is 0.263. The highest BCUT2D eigenvalue weighted by Crippen LogP contribution is 2.20. The smallest absolute Gasteiger partial charge is 0.261 e. The Morgan fingerprint density at radius 1 is 1.15 bits per heavy atom. The minimum absolute atomic E-state index is 0.213. The molecular weight excluding hydrogens is 415 g/mol. The molecule has 4 rings (SSSR count). The standard InChI is InChI=1S/C19H16BrFN4O2/c20-14-6-5-12(11-15(14)21)18(27)24-7-9-25(10-8-24)19-22-16-4-2-1-3-13(16)17(26)23-19/h1-6,11,13H,7-10H2. The molecule has 1 aliphatic carbocycles. The van der Waals surface area contributed by atoms with Crippen LogP contribution in [-0.4, -0.2) is 59.5 Å². The second-order valence-electron chi connectivity index (χ2n) is 6.42. The van der Waals surface area contributed by atoms with Crippen LogP contribution < -0.4 is 0 Å². The van der Waals surface area contributed by atoms with Gasteiger partial charge in [0.2, 0.25) is 5.96 Å². The number of nitrogens with zero attached hydrogens (tertiary/aromatic N) is 4. The Bertz CT molecular complexity index is 930. The average molecular weight is 431 g/mol. The van der Waals surface area contributed by atoms with Crippen LogP contribution in [0.25, 0.3) is 0 Å². The second kappa shape index (κ2) is 7.19. The Labute approximate surface area is 163 Å². The van der Waals surface area contributed by atoms with Crippen LogP contribution in [0.3, 0.4) is 0 Å². The molecule has 2 heterocycles. The lowest BCUT2D eigenvalue weighted by atomic mass is 9.97. The molecule has 0 aromatic heterocycles. The summed E-state index contributed by atoms with van der Waals surface area (Å²) in [5, 5.41) is 0. The molecule has 0 radical (unpaired) electrons. The van der Waals surface area contributed by atoms with Crippen LogP contribution in [0.4, 0.5) is 4.39 Å². The molecule has 0 N–H and O–H groups in total. The Hall–Kier alpha value is -2.61. The van der Waals surface area contributed by atoms with E-state index in [2.05, 4.69) is 25.9 Å². The van der Waals surface area contributed by atoms with Crippen LogP contribution >= 0.6 is 15.9 Å². The molecule has 27 heavy (non-hydrogen) atoms. The molecule has 2 amide bonds. The topological polar surface area (TPSA) is 65.3 Å². The van der Waals surface area contributed by atoms with E-state index in [-0.39, 0.29) is 11.8 Å². The third-order valence-corrected chi connectivity index (χ3v) is 5.37. The number of carbonyl (C=O) groups is 2. The second-order valence-corrected chi connectivity index (χ2v) is 7.27. The number of halogens is 2. The largest absolute Gasteiger partial charge is 0.337 e. The molecule has 1 aromatic rings. The summed E-state index contributed by atoms with van der Waals surface area (Å²) in [6.45, 7) is 1.93. The molecule has 8 heteroatoms. The summed E-state index contributed by atoms with van der Waals surface area (Å²) in [4.78, 5) is 37.0. The van der Waals surface area contributed by atoms with Gasteiger partial charge in [-0.05, 0) is 40.2 Å². The van der Waals surface area contributed by atoms with E-state index in [1.54, 1.807) is 17.0 Å². The molecule has 1 fully saturated rings. The van der Waals surface area contributed by atoms with Crippen molar-refractivity contribution in [2.75, 3.05) is 26.2 Å². The van der Waals surface area contributed by atoms with Crippen molar-refractivity contribution in [2.45, 2.75) is 0 Å². The molecule has 1 aromatic carbocycles. The number of hydrogen-bond donors (Lipinski definition) is 0. The Kier molecular flexibility index (Phi) is 4.73. The molecule has 138 valence electrons. The van der Waals surface area contributed by atoms with Gasteiger partial charge >= 0.3 is 0 Å². The fourth-order valence-electron chi connectivity index (χ4n) is 3.22. The first-order valence-electron chi connectivity index (χ1n) is 8.58. The first-order valence-corrected chi connectivity index (χ1v) is 9.37. The first-order chi connectivity index (χ1) is 13.0. The van der Waals surface area contributed by atoms with Crippen molar-refractivity contribution >= 4 is 39.4 Å². The lowest BCUT2D eigenvalue weighted by Crippen LogP contribution is -2.51. The molecule has 1 saturated heterocycles. The predicted molar refractivity (Wildman–Crippen MR) is 103 cm³/mol. The van der Waals surface area contributed by atoms with Crippen molar-refractivity contribution in [1.82, 2.24) is 9.80 Å². The Morgan fingerprint density at radius 3 is 2.67 bits per heavy atom. The number of guanidine groups is 1. The summed E-state index contributed by atoms with van der Waals surface area (Å²) < 4.78 is 14.0. The van der Waals surface area contributed by atoms with Crippen molar-refractivity contribution in [3.8, 4) is 0 Å². The van der Waals surface area contributed by atoms with Crippen LogP contribution in [0.2, 0.25) is 0 Å².